The minimum absolute atomic E-state index is 0.0396. The molecule has 0 spiro atoms. The van der Waals surface area contributed by atoms with Crippen LogP contribution in [0.15, 0.2) is 89.0 Å². The van der Waals surface area contributed by atoms with Crippen LogP contribution in [0.25, 0.3) is 5.65 Å². The second-order valence-electron chi connectivity index (χ2n) is 8.97. The number of likely N-dealkylation sites (N-methyl/N-ethyl adjacent to an activating group) is 1. The van der Waals surface area contributed by atoms with Gasteiger partial charge in [0.05, 0.1) is 9.79 Å². The number of sulfone groups is 1. The molecule has 0 bridgehead atoms. The summed E-state index contributed by atoms with van der Waals surface area (Å²) in [6, 6.07) is 17.6. The number of rotatable bonds is 7. The number of aromatic nitrogens is 2. The predicted molar refractivity (Wildman–Crippen MR) is 136 cm³/mol. The van der Waals surface area contributed by atoms with Gasteiger partial charge in [0.25, 0.3) is 0 Å². The number of carbonyl (C=O) groups excluding carboxylic acids is 1. The number of hydrogen-bond donors (Lipinski definition) is 0. The Balaban J connectivity index is 1.23. The molecule has 1 aliphatic rings. The Kier molecular flexibility index (Phi) is 6.40. The molecule has 3 heterocycles. The number of Topliss-reactive ketones (excluding diaryl/α,β-unsaturated/α-hetero) is 1. The van der Waals surface area contributed by atoms with Gasteiger partial charge in [0.2, 0.25) is 9.84 Å². The number of anilines is 1. The van der Waals surface area contributed by atoms with E-state index in [4.69, 9.17) is 0 Å². The monoisotopic (exact) mass is 488 g/mol. The first-order valence-electron chi connectivity index (χ1n) is 11.7. The van der Waals surface area contributed by atoms with Crippen molar-refractivity contribution in [1.82, 2.24) is 14.3 Å². The summed E-state index contributed by atoms with van der Waals surface area (Å²) in [5.41, 5.74) is 3.40. The lowest BCUT2D eigenvalue weighted by Gasteiger charge is -2.34. The molecular formula is C27H28N4O3S. The number of benzene rings is 2. The molecule has 0 atom stereocenters. The highest BCUT2D eigenvalue weighted by Crippen LogP contribution is 2.25. The molecule has 180 valence electrons. The van der Waals surface area contributed by atoms with E-state index in [0.717, 1.165) is 43.1 Å². The number of carbonyl (C=O) groups is 1. The van der Waals surface area contributed by atoms with E-state index in [9.17, 15) is 13.2 Å². The van der Waals surface area contributed by atoms with E-state index in [1.54, 1.807) is 54.9 Å². The molecule has 0 N–H and O–H groups in total. The Morgan fingerprint density at radius 2 is 1.54 bits per heavy atom. The molecule has 0 saturated carbocycles. The first-order chi connectivity index (χ1) is 16.9. The maximum Gasteiger partial charge on any atom is 0.206 e. The van der Waals surface area contributed by atoms with E-state index in [0.29, 0.717) is 18.4 Å². The summed E-state index contributed by atoms with van der Waals surface area (Å²) in [6.07, 6.45) is 6.18. The lowest BCUT2D eigenvalue weighted by Crippen LogP contribution is -2.44. The van der Waals surface area contributed by atoms with Crippen molar-refractivity contribution in [3.05, 3.63) is 90.4 Å². The van der Waals surface area contributed by atoms with Crippen LogP contribution in [0.5, 0.6) is 0 Å². The van der Waals surface area contributed by atoms with Crippen LogP contribution < -0.4 is 4.90 Å². The summed E-state index contributed by atoms with van der Waals surface area (Å²) in [7, 11) is -1.49. The van der Waals surface area contributed by atoms with Gasteiger partial charge >= 0.3 is 0 Å². The summed E-state index contributed by atoms with van der Waals surface area (Å²) in [5, 5.41) is 0. The highest BCUT2D eigenvalue weighted by atomic mass is 32.2. The Hall–Kier alpha value is -3.49. The predicted octanol–water partition coefficient (Wildman–Crippen LogP) is 3.73. The van der Waals surface area contributed by atoms with Crippen LogP contribution in [0.2, 0.25) is 0 Å². The molecule has 4 aromatic rings. The lowest BCUT2D eigenvalue weighted by atomic mass is 10.0. The smallest absolute Gasteiger partial charge is 0.206 e. The van der Waals surface area contributed by atoms with Gasteiger partial charge in [-0.05, 0) is 67.6 Å². The van der Waals surface area contributed by atoms with Crippen LogP contribution in [-0.4, -0.2) is 61.7 Å². The maximum absolute atomic E-state index is 13.1. The van der Waals surface area contributed by atoms with Gasteiger partial charge in [-0.25, -0.2) is 13.4 Å². The minimum atomic E-state index is -3.60. The van der Waals surface area contributed by atoms with E-state index in [2.05, 4.69) is 21.8 Å². The summed E-state index contributed by atoms with van der Waals surface area (Å²) >= 11 is 0. The van der Waals surface area contributed by atoms with Gasteiger partial charge in [0, 0.05) is 62.4 Å². The number of piperazine rings is 1. The molecular weight excluding hydrogens is 460 g/mol. The molecule has 2 aromatic carbocycles. The van der Waals surface area contributed by atoms with Crippen LogP contribution in [0.4, 0.5) is 5.69 Å². The molecule has 1 fully saturated rings. The lowest BCUT2D eigenvalue weighted by molar-refractivity contribution is 0.0982. The van der Waals surface area contributed by atoms with Gasteiger partial charge in [-0.1, -0.05) is 12.1 Å². The van der Waals surface area contributed by atoms with Crippen molar-refractivity contribution in [3.63, 3.8) is 0 Å². The SMILES string of the molecule is CN1CCN(c2ccc(S(=O)(=O)c3ccc(CCC(=O)c4ccc5nccn5c4)cc3)cc2)CC1. The van der Waals surface area contributed by atoms with E-state index in [1.807, 2.05) is 28.8 Å². The molecule has 8 heteroatoms. The van der Waals surface area contributed by atoms with Crippen molar-refractivity contribution >= 4 is 27.0 Å². The van der Waals surface area contributed by atoms with Crippen LogP contribution >= 0.6 is 0 Å². The molecule has 2 aromatic heterocycles. The van der Waals surface area contributed by atoms with Crippen LogP contribution in [0.3, 0.4) is 0 Å². The highest BCUT2D eigenvalue weighted by molar-refractivity contribution is 7.91. The van der Waals surface area contributed by atoms with Gasteiger partial charge in [-0.15, -0.1) is 0 Å². The zero-order chi connectivity index (χ0) is 24.4. The van der Waals surface area contributed by atoms with E-state index in [-0.39, 0.29) is 15.6 Å². The molecule has 5 rings (SSSR count). The van der Waals surface area contributed by atoms with Gasteiger partial charge in [0.1, 0.15) is 5.65 Å². The molecule has 0 radical (unpaired) electrons. The molecule has 0 unspecified atom stereocenters. The van der Waals surface area contributed by atoms with Crippen molar-refractivity contribution in [3.8, 4) is 0 Å². The fraction of sp³-hybridized carbons (Fsp3) is 0.259. The van der Waals surface area contributed by atoms with Gasteiger partial charge in [0.15, 0.2) is 5.78 Å². The summed E-state index contributed by atoms with van der Waals surface area (Å²) in [6.45, 7) is 3.87. The second-order valence-corrected chi connectivity index (χ2v) is 10.9. The third-order valence-corrected chi connectivity index (χ3v) is 8.39. The third kappa shape index (κ3) is 4.99. The standard InChI is InChI=1S/C27H28N4O3S/c1-29-16-18-30(19-17-29)23-6-10-25(11-7-23)35(33,34)24-8-2-21(3-9-24)4-12-26(32)22-5-13-27-28-14-15-31(27)20-22/h2-3,5-11,13-15,20H,4,12,16-19H2,1H3. The summed E-state index contributed by atoms with van der Waals surface area (Å²) in [4.78, 5) is 21.9. The van der Waals surface area contributed by atoms with Crippen molar-refractivity contribution in [2.45, 2.75) is 22.6 Å². The number of pyridine rings is 1. The second kappa shape index (κ2) is 9.64. The first-order valence-corrected chi connectivity index (χ1v) is 13.2. The first kappa shape index (κ1) is 23.3. The maximum atomic E-state index is 13.1. The zero-order valence-corrected chi connectivity index (χ0v) is 20.5. The molecule has 35 heavy (non-hydrogen) atoms. The number of nitrogens with zero attached hydrogens (tertiary/aromatic N) is 4. The van der Waals surface area contributed by atoms with Gasteiger partial charge < -0.3 is 14.2 Å². The van der Waals surface area contributed by atoms with Gasteiger partial charge in [-0.3, -0.25) is 4.79 Å². The number of ketones is 1. The Morgan fingerprint density at radius 3 is 2.23 bits per heavy atom. The fourth-order valence-electron chi connectivity index (χ4n) is 4.36. The summed E-state index contributed by atoms with van der Waals surface area (Å²) in [5.74, 6) is 0.0396. The van der Waals surface area contributed by atoms with Crippen molar-refractivity contribution in [2.75, 3.05) is 38.1 Å². The Labute approximate surface area is 205 Å². The van der Waals surface area contributed by atoms with E-state index >= 15 is 0 Å². The summed E-state index contributed by atoms with van der Waals surface area (Å²) < 4.78 is 28.1. The number of imidazole rings is 1. The van der Waals surface area contributed by atoms with Crippen molar-refractivity contribution < 1.29 is 13.2 Å². The molecule has 7 nitrogen and oxygen atoms in total. The third-order valence-electron chi connectivity index (χ3n) is 6.60. The van der Waals surface area contributed by atoms with Crippen LogP contribution in [0, 0.1) is 0 Å². The van der Waals surface area contributed by atoms with Crippen molar-refractivity contribution in [2.24, 2.45) is 0 Å². The van der Waals surface area contributed by atoms with E-state index in [1.165, 1.54) is 0 Å². The molecule has 1 saturated heterocycles. The number of fused-ring (bicyclic) bond motifs is 1. The average molecular weight is 489 g/mol. The van der Waals surface area contributed by atoms with E-state index < -0.39 is 9.84 Å². The zero-order valence-electron chi connectivity index (χ0n) is 19.7. The van der Waals surface area contributed by atoms with Crippen LogP contribution in [-0.2, 0) is 16.3 Å². The number of hydrogen-bond acceptors (Lipinski definition) is 6. The topological polar surface area (TPSA) is 75.0 Å². The Morgan fingerprint density at radius 1 is 0.886 bits per heavy atom. The largest absolute Gasteiger partial charge is 0.369 e. The van der Waals surface area contributed by atoms with Crippen LogP contribution in [0.1, 0.15) is 22.3 Å². The number of aryl methyl sites for hydroxylation is 1. The highest BCUT2D eigenvalue weighted by Gasteiger charge is 2.19. The molecule has 0 aliphatic carbocycles. The molecule has 0 amide bonds. The normalized spacial score (nSPS) is 14.9. The molecule has 1 aliphatic heterocycles. The average Bonchev–Trinajstić information content (AvgIpc) is 3.36. The van der Waals surface area contributed by atoms with Gasteiger partial charge in [-0.2, -0.15) is 0 Å². The van der Waals surface area contributed by atoms with Crippen molar-refractivity contribution in [1.29, 1.82) is 0 Å². The fourth-order valence-corrected chi connectivity index (χ4v) is 5.62. The Bertz CT molecular complexity index is 1440. The quantitative estimate of drug-likeness (QED) is 0.369. The minimum Gasteiger partial charge on any atom is -0.369 e.